The van der Waals surface area contributed by atoms with Crippen LogP contribution in [0.5, 0.6) is 0 Å². The summed E-state index contributed by atoms with van der Waals surface area (Å²) >= 11 is 0. The Balaban J connectivity index is 2.20. The summed E-state index contributed by atoms with van der Waals surface area (Å²) in [5.41, 5.74) is 3.68. The molecule has 2 rings (SSSR count). The van der Waals surface area contributed by atoms with E-state index in [4.69, 9.17) is 5.11 Å². The van der Waals surface area contributed by atoms with Gasteiger partial charge in [-0.1, -0.05) is 38.1 Å². The van der Waals surface area contributed by atoms with Crippen LogP contribution in [0, 0.1) is 0 Å². The first-order valence-corrected chi connectivity index (χ1v) is 6.44. The third-order valence-corrected chi connectivity index (χ3v) is 3.07. The molecule has 0 amide bonds. The van der Waals surface area contributed by atoms with Gasteiger partial charge in [0.25, 0.3) is 0 Å². The highest BCUT2D eigenvalue weighted by Gasteiger charge is 2.04. The lowest BCUT2D eigenvalue weighted by atomic mass is 9.99. The molecular weight excluding hydrogens is 224 g/mol. The minimum absolute atomic E-state index is 0.206. The summed E-state index contributed by atoms with van der Waals surface area (Å²) in [4.78, 5) is 0. The van der Waals surface area contributed by atoms with E-state index in [9.17, 15) is 0 Å². The molecular formula is C15H20N2O. The van der Waals surface area contributed by atoms with Gasteiger partial charge in [-0.15, -0.1) is 0 Å². The summed E-state index contributed by atoms with van der Waals surface area (Å²) in [5, 5.41) is 13.1. The first-order valence-electron chi connectivity index (χ1n) is 6.44. The maximum Gasteiger partial charge on any atom is 0.0568 e. The van der Waals surface area contributed by atoms with Crippen molar-refractivity contribution in [2.24, 2.45) is 0 Å². The maximum atomic E-state index is 8.81. The molecule has 2 aromatic rings. The van der Waals surface area contributed by atoms with E-state index in [2.05, 4.69) is 43.2 Å². The average Bonchev–Trinajstić information content (AvgIpc) is 2.85. The molecule has 0 unspecified atom stereocenters. The Hall–Kier alpha value is -1.61. The molecule has 18 heavy (non-hydrogen) atoms. The highest BCUT2D eigenvalue weighted by Crippen LogP contribution is 2.23. The normalized spacial score (nSPS) is 11.1. The predicted octanol–water partition coefficient (Wildman–Crippen LogP) is 3.06. The van der Waals surface area contributed by atoms with Crippen molar-refractivity contribution in [3.8, 4) is 11.1 Å². The fraction of sp³-hybridized carbons (Fsp3) is 0.400. The van der Waals surface area contributed by atoms with E-state index in [-0.39, 0.29) is 6.61 Å². The number of hydrogen-bond acceptors (Lipinski definition) is 2. The molecule has 0 fully saturated rings. The third kappa shape index (κ3) is 2.99. The molecule has 0 aliphatic rings. The van der Waals surface area contributed by atoms with E-state index < -0.39 is 0 Å². The standard InChI is InChI=1S/C15H20N2O/c1-12(2)13-5-3-6-14(9-13)15-10-16-17(11-15)7-4-8-18/h3,5-6,9-12,18H,4,7-8H2,1-2H3. The van der Waals surface area contributed by atoms with Gasteiger partial charge in [0.1, 0.15) is 0 Å². The van der Waals surface area contributed by atoms with Gasteiger partial charge >= 0.3 is 0 Å². The topological polar surface area (TPSA) is 38.0 Å². The van der Waals surface area contributed by atoms with Crippen LogP contribution in [0.15, 0.2) is 36.7 Å². The molecule has 1 aromatic carbocycles. The molecule has 0 saturated heterocycles. The molecule has 0 atom stereocenters. The Kier molecular flexibility index (Phi) is 4.15. The van der Waals surface area contributed by atoms with Gasteiger partial charge in [-0.2, -0.15) is 5.10 Å². The van der Waals surface area contributed by atoms with E-state index in [1.54, 1.807) is 0 Å². The Morgan fingerprint density at radius 1 is 1.28 bits per heavy atom. The van der Waals surface area contributed by atoms with Crippen LogP contribution in [0.25, 0.3) is 11.1 Å². The van der Waals surface area contributed by atoms with E-state index in [0.29, 0.717) is 5.92 Å². The fourth-order valence-corrected chi connectivity index (χ4v) is 1.94. The highest BCUT2D eigenvalue weighted by atomic mass is 16.3. The third-order valence-electron chi connectivity index (χ3n) is 3.07. The number of aliphatic hydroxyl groups is 1. The minimum Gasteiger partial charge on any atom is -0.396 e. The Bertz CT molecular complexity index is 503. The largest absolute Gasteiger partial charge is 0.396 e. The van der Waals surface area contributed by atoms with Gasteiger partial charge in [-0.05, 0) is 23.5 Å². The van der Waals surface area contributed by atoms with Crippen molar-refractivity contribution in [1.82, 2.24) is 9.78 Å². The van der Waals surface area contributed by atoms with Crippen molar-refractivity contribution in [2.75, 3.05) is 6.61 Å². The van der Waals surface area contributed by atoms with Gasteiger partial charge in [0, 0.05) is 24.9 Å². The van der Waals surface area contributed by atoms with Crippen LogP contribution in [-0.4, -0.2) is 21.5 Å². The molecule has 1 aromatic heterocycles. The van der Waals surface area contributed by atoms with E-state index >= 15 is 0 Å². The van der Waals surface area contributed by atoms with Crippen LogP contribution in [0.2, 0.25) is 0 Å². The Labute approximate surface area is 108 Å². The number of nitrogens with zero attached hydrogens (tertiary/aromatic N) is 2. The maximum absolute atomic E-state index is 8.81. The number of rotatable bonds is 5. The zero-order valence-corrected chi connectivity index (χ0v) is 11.0. The minimum atomic E-state index is 0.206. The molecule has 1 heterocycles. The Morgan fingerprint density at radius 2 is 2.11 bits per heavy atom. The summed E-state index contributed by atoms with van der Waals surface area (Å²) in [6, 6.07) is 8.58. The molecule has 96 valence electrons. The number of aliphatic hydroxyl groups excluding tert-OH is 1. The van der Waals surface area contributed by atoms with Gasteiger partial charge in [-0.25, -0.2) is 0 Å². The molecule has 0 aliphatic carbocycles. The molecule has 1 N–H and O–H groups in total. The van der Waals surface area contributed by atoms with E-state index in [0.717, 1.165) is 18.5 Å². The van der Waals surface area contributed by atoms with Crippen molar-refractivity contribution >= 4 is 0 Å². The molecule has 3 heteroatoms. The molecule has 0 spiro atoms. The lowest BCUT2D eigenvalue weighted by Crippen LogP contribution is -1.99. The van der Waals surface area contributed by atoms with Crippen LogP contribution in [0.1, 0.15) is 31.7 Å². The molecule has 0 bridgehead atoms. The summed E-state index contributed by atoms with van der Waals surface area (Å²) in [5.74, 6) is 0.536. The van der Waals surface area contributed by atoms with Crippen molar-refractivity contribution in [3.63, 3.8) is 0 Å². The van der Waals surface area contributed by atoms with Crippen LogP contribution in [-0.2, 0) is 6.54 Å². The van der Waals surface area contributed by atoms with E-state index in [1.165, 1.54) is 11.1 Å². The lowest BCUT2D eigenvalue weighted by Gasteiger charge is -2.06. The van der Waals surface area contributed by atoms with Gasteiger partial charge in [0.15, 0.2) is 0 Å². The zero-order chi connectivity index (χ0) is 13.0. The van der Waals surface area contributed by atoms with Crippen molar-refractivity contribution in [3.05, 3.63) is 42.2 Å². The van der Waals surface area contributed by atoms with Crippen molar-refractivity contribution < 1.29 is 5.11 Å². The van der Waals surface area contributed by atoms with Crippen LogP contribution in [0.4, 0.5) is 0 Å². The second-order valence-electron chi connectivity index (χ2n) is 4.85. The van der Waals surface area contributed by atoms with Gasteiger partial charge in [0.2, 0.25) is 0 Å². The number of hydrogen-bond donors (Lipinski definition) is 1. The monoisotopic (exact) mass is 244 g/mol. The summed E-state index contributed by atoms with van der Waals surface area (Å²) in [7, 11) is 0. The van der Waals surface area contributed by atoms with Crippen molar-refractivity contribution in [1.29, 1.82) is 0 Å². The predicted molar refractivity (Wildman–Crippen MR) is 73.5 cm³/mol. The molecule has 0 radical (unpaired) electrons. The SMILES string of the molecule is CC(C)c1cccc(-c2cnn(CCCO)c2)c1. The van der Waals surface area contributed by atoms with Gasteiger partial charge in [0.05, 0.1) is 6.20 Å². The smallest absolute Gasteiger partial charge is 0.0568 e. The Morgan fingerprint density at radius 3 is 2.83 bits per heavy atom. The first-order chi connectivity index (χ1) is 8.70. The quantitative estimate of drug-likeness (QED) is 0.877. The first kappa shape index (κ1) is 12.8. The van der Waals surface area contributed by atoms with Gasteiger partial charge in [-0.3, -0.25) is 4.68 Å². The summed E-state index contributed by atoms with van der Waals surface area (Å²) < 4.78 is 1.88. The van der Waals surface area contributed by atoms with Crippen molar-refractivity contribution in [2.45, 2.75) is 32.7 Å². The summed E-state index contributed by atoms with van der Waals surface area (Å²) in [6.45, 7) is 5.37. The number of aromatic nitrogens is 2. The molecule has 0 saturated carbocycles. The number of benzene rings is 1. The number of aryl methyl sites for hydroxylation is 1. The van der Waals surface area contributed by atoms with Crippen LogP contribution in [0.3, 0.4) is 0 Å². The van der Waals surface area contributed by atoms with Crippen LogP contribution >= 0.6 is 0 Å². The fourth-order valence-electron chi connectivity index (χ4n) is 1.94. The van der Waals surface area contributed by atoms with Crippen LogP contribution < -0.4 is 0 Å². The van der Waals surface area contributed by atoms with Gasteiger partial charge < -0.3 is 5.11 Å². The second kappa shape index (κ2) is 5.83. The molecule has 3 nitrogen and oxygen atoms in total. The molecule has 0 aliphatic heterocycles. The average molecular weight is 244 g/mol. The summed E-state index contributed by atoms with van der Waals surface area (Å²) in [6.07, 6.45) is 4.67. The second-order valence-corrected chi connectivity index (χ2v) is 4.85. The highest BCUT2D eigenvalue weighted by molar-refractivity contribution is 5.62. The van der Waals surface area contributed by atoms with E-state index in [1.807, 2.05) is 17.1 Å². The lowest BCUT2D eigenvalue weighted by molar-refractivity contribution is 0.277. The zero-order valence-electron chi connectivity index (χ0n) is 11.0.